The average Bonchev–Trinajstić information content (AvgIpc) is 3.28. The Morgan fingerprint density at radius 1 is 1.35 bits per heavy atom. The Morgan fingerprint density at radius 2 is 2.15 bits per heavy atom. The molecule has 1 aromatic rings. The second-order valence-corrected chi connectivity index (χ2v) is 7.38. The number of hydrogen-bond acceptors (Lipinski definition) is 3. The summed E-state index contributed by atoms with van der Waals surface area (Å²) in [5.74, 6) is 0.262. The molecule has 3 saturated heterocycles. The van der Waals surface area contributed by atoms with Gasteiger partial charge in [0.1, 0.15) is 6.10 Å². The largest absolute Gasteiger partial charge is 0.343 e. The fraction of sp³-hybridized carbons (Fsp3) is 0.524. The summed E-state index contributed by atoms with van der Waals surface area (Å²) >= 11 is 0. The van der Waals surface area contributed by atoms with Crippen molar-refractivity contribution in [2.24, 2.45) is 0 Å². The Labute approximate surface area is 154 Å². The van der Waals surface area contributed by atoms with Gasteiger partial charge in [-0.25, -0.2) is 0 Å². The minimum atomic E-state index is -0.615. The first kappa shape index (κ1) is 17.3. The lowest BCUT2D eigenvalue weighted by molar-refractivity contribution is -0.142. The Morgan fingerprint density at radius 3 is 2.92 bits per heavy atom. The first-order valence-corrected chi connectivity index (χ1v) is 9.59. The minimum absolute atomic E-state index is 0.104. The normalized spacial score (nSPS) is 30.3. The van der Waals surface area contributed by atoms with Crippen LogP contribution < -0.4 is 0 Å². The zero-order chi connectivity index (χ0) is 18.1. The molecule has 3 aliphatic heterocycles. The van der Waals surface area contributed by atoms with Crippen LogP contribution in [0.25, 0.3) is 0 Å². The minimum Gasteiger partial charge on any atom is -0.343 e. The third-order valence-corrected chi connectivity index (χ3v) is 5.92. The van der Waals surface area contributed by atoms with Gasteiger partial charge >= 0.3 is 0 Å². The third kappa shape index (κ3) is 2.75. The van der Waals surface area contributed by atoms with Crippen LogP contribution in [-0.2, 0) is 14.3 Å². The van der Waals surface area contributed by atoms with Gasteiger partial charge in [-0.1, -0.05) is 42.5 Å². The zero-order valence-corrected chi connectivity index (χ0v) is 15.3. The highest BCUT2D eigenvalue weighted by Crippen LogP contribution is 2.50. The van der Waals surface area contributed by atoms with Gasteiger partial charge in [0.2, 0.25) is 11.8 Å². The predicted octanol–water partition coefficient (Wildman–Crippen LogP) is 3.03. The van der Waals surface area contributed by atoms with E-state index in [4.69, 9.17) is 4.74 Å². The first-order chi connectivity index (χ1) is 12.7. The maximum Gasteiger partial charge on any atom is 0.227 e. The number of rotatable bonds is 5. The fourth-order valence-electron chi connectivity index (χ4n) is 4.65. The van der Waals surface area contributed by atoms with Crippen molar-refractivity contribution in [3.63, 3.8) is 0 Å². The van der Waals surface area contributed by atoms with Gasteiger partial charge in [-0.2, -0.15) is 0 Å². The van der Waals surface area contributed by atoms with E-state index in [0.29, 0.717) is 32.4 Å². The van der Waals surface area contributed by atoms with Crippen molar-refractivity contribution < 1.29 is 14.3 Å². The molecule has 4 rings (SSSR count). The molecule has 0 unspecified atom stereocenters. The van der Waals surface area contributed by atoms with E-state index >= 15 is 0 Å². The average molecular weight is 354 g/mol. The summed E-state index contributed by atoms with van der Waals surface area (Å²) in [6, 6.07) is 9.92. The molecule has 5 nitrogen and oxygen atoms in total. The van der Waals surface area contributed by atoms with E-state index in [-0.39, 0.29) is 24.0 Å². The molecular weight excluding hydrogens is 328 g/mol. The molecule has 5 heteroatoms. The summed E-state index contributed by atoms with van der Waals surface area (Å²) in [5.41, 5.74) is 0.482. The van der Waals surface area contributed by atoms with Gasteiger partial charge in [0.05, 0.1) is 19.0 Å². The fourth-order valence-corrected chi connectivity index (χ4v) is 4.65. The summed E-state index contributed by atoms with van der Waals surface area (Å²) in [6.07, 6.45) is 7.41. The van der Waals surface area contributed by atoms with Gasteiger partial charge in [-0.3, -0.25) is 9.59 Å². The van der Waals surface area contributed by atoms with Crippen LogP contribution in [0.15, 0.2) is 42.5 Å². The second kappa shape index (κ2) is 6.88. The third-order valence-electron chi connectivity index (χ3n) is 5.92. The predicted molar refractivity (Wildman–Crippen MR) is 98.1 cm³/mol. The summed E-state index contributed by atoms with van der Waals surface area (Å²) in [5, 5.41) is 0. The molecule has 0 saturated carbocycles. The molecule has 0 radical (unpaired) electrons. The Kier molecular flexibility index (Phi) is 4.57. The highest BCUT2D eigenvalue weighted by molar-refractivity contribution is 5.84. The van der Waals surface area contributed by atoms with Crippen LogP contribution in [0, 0.1) is 0 Å². The molecule has 3 atom stereocenters. The van der Waals surface area contributed by atoms with Crippen molar-refractivity contribution in [2.75, 3.05) is 13.1 Å². The lowest BCUT2D eigenvalue weighted by atomic mass is 10.1. The highest BCUT2D eigenvalue weighted by atomic mass is 16.5. The summed E-state index contributed by atoms with van der Waals surface area (Å²) in [4.78, 5) is 29.1. The lowest BCUT2D eigenvalue weighted by Crippen LogP contribution is -2.48. The second-order valence-electron chi connectivity index (χ2n) is 7.38. The van der Waals surface area contributed by atoms with Crippen molar-refractivity contribution >= 4 is 11.8 Å². The number of amides is 2. The number of ether oxygens (including phenoxy) is 1. The van der Waals surface area contributed by atoms with E-state index in [1.54, 1.807) is 0 Å². The number of hydrogen-bond donors (Lipinski definition) is 0. The van der Waals surface area contributed by atoms with Crippen LogP contribution in [-0.4, -0.2) is 46.5 Å². The van der Waals surface area contributed by atoms with E-state index < -0.39 is 5.72 Å². The van der Waals surface area contributed by atoms with Gasteiger partial charge in [-0.15, -0.1) is 0 Å². The van der Waals surface area contributed by atoms with Gasteiger partial charge in [-0.05, 0) is 25.3 Å². The zero-order valence-electron chi connectivity index (χ0n) is 15.3. The van der Waals surface area contributed by atoms with E-state index in [1.807, 2.05) is 53.1 Å². The number of carbonyl (C=O) groups is 2. The molecule has 26 heavy (non-hydrogen) atoms. The van der Waals surface area contributed by atoms with Crippen LogP contribution in [0.5, 0.6) is 0 Å². The standard InChI is InChI=1S/C21H26N2O3/c1-2-3-4-8-11-19(24)22-13-12-21-18(22)14-20(25)23(21)15-17(26-21)16-9-6-5-7-10-16/h2-3,5-7,9-10,17-18H,4,8,11-15H2,1H3/t17-,18+,21-/m0/s1. The van der Waals surface area contributed by atoms with Gasteiger partial charge < -0.3 is 14.5 Å². The molecule has 0 bridgehead atoms. The summed E-state index contributed by atoms with van der Waals surface area (Å²) in [6.45, 7) is 3.26. The van der Waals surface area contributed by atoms with Crippen LogP contribution >= 0.6 is 0 Å². The maximum absolute atomic E-state index is 12.7. The molecule has 0 aromatic heterocycles. The number of likely N-dealkylation sites (tertiary alicyclic amines) is 1. The SMILES string of the molecule is CC=CCCCC(=O)N1CC[C@@]23O[C@H](c4ccccc4)CN2C(=O)C[C@@H]13. The molecule has 1 aromatic carbocycles. The van der Waals surface area contributed by atoms with Crippen molar-refractivity contribution in [2.45, 2.75) is 56.9 Å². The molecule has 3 fully saturated rings. The molecule has 0 aliphatic carbocycles. The van der Waals surface area contributed by atoms with E-state index in [1.165, 1.54) is 0 Å². The molecule has 138 valence electrons. The number of nitrogens with zero attached hydrogens (tertiary/aromatic N) is 2. The van der Waals surface area contributed by atoms with Crippen molar-refractivity contribution in [1.82, 2.24) is 9.80 Å². The molecule has 2 amide bonds. The lowest BCUT2D eigenvalue weighted by Gasteiger charge is -2.32. The quantitative estimate of drug-likeness (QED) is 0.603. The number of allylic oxidation sites excluding steroid dienone is 2. The molecule has 0 N–H and O–H groups in total. The Bertz CT molecular complexity index is 717. The smallest absolute Gasteiger partial charge is 0.227 e. The van der Waals surface area contributed by atoms with Crippen LogP contribution in [0.2, 0.25) is 0 Å². The van der Waals surface area contributed by atoms with Gasteiger partial charge in [0.25, 0.3) is 0 Å². The number of benzene rings is 1. The molecule has 3 heterocycles. The molecule has 3 aliphatic rings. The van der Waals surface area contributed by atoms with E-state index in [0.717, 1.165) is 18.4 Å². The monoisotopic (exact) mass is 354 g/mol. The topological polar surface area (TPSA) is 49.9 Å². The highest BCUT2D eigenvalue weighted by Gasteiger charge is 2.64. The van der Waals surface area contributed by atoms with Crippen LogP contribution in [0.4, 0.5) is 0 Å². The summed E-state index contributed by atoms with van der Waals surface area (Å²) < 4.78 is 6.48. The van der Waals surface area contributed by atoms with Crippen LogP contribution in [0.3, 0.4) is 0 Å². The maximum atomic E-state index is 12.7. The van der Waals surface area contributed by atoms with E-state index in [2.05, 4.69) is 6.08 Å². The van der Waals surface area contributed by atoms with Gasteiger partial charge in [0.15, 0.2) is 5.72 Å². The van der Waals surface area contributed by atoms with Crippen molar-refractivity contribution in [3.8, 4) is 0 Å². The van der Waals surface area contributed by atoms with E-state index in [9.17, 15) is 9.59 Å². The first-order valence-electron chi connectivity index (χ1n) is 9.59. The van der Waals surface area contributed by atoms with Crippen LogP contribution in [0.1, 0.15) is 50.7 Å². The summed E-state index contributed by atoms with van der Waals surface area (Å²) in [7, 11) is 0. The van der Waals surface area contributed by atoms with Crippen molar-refractivity contribution in [3.05, 3.63) is 48.0 Å². The molecular formula is C21H26N2O3. The number of carbonyl (C=O) groups excluding carboxylic acids is 2. The van der Waals surface area contributed by atoms with Crippen molar-refractivity contribution in [1.29, 1.82) is 0 Å². The molecule has 1 spiro atoms. The Hall–Kier alpha value is -2.14. The number of unbranched alkanes of at least 4 members (excludes halogenated alkanes) is 1. The van der Waals surface area contributed by atoms with Gasteiger partial charge in [0, 0.05) is 19.4 Å². The Balaban J connectivity index is 1.49.